The minimum Gasteiger partial charge on any atom is -0.388 e. The highest BCUT2D eigenvalue weighted by Crippen LogP contribution is 2.46. The lowest BCUT2D eigenvalue weighted by molar-refractivity contribution is 0.199. The molecule has 1 fully saturated rings. The molecule has 1 saturated carbocycles. The summed E-state index contributed by atoms with van der Waals surface area (Å²) in [5.74, 6) is 1.08. The maximum Gasteiger partial charge on any atom is 0.0858 e. The first kappa shape index (κ1) is 12.8. The Bertz CT molecular complexity index is 355. The van der Waals surface area contributed by atoms with Crippen LogP contribution in [0.25, 0.3) is 0 Å². The van der Waals surface area contributed by atoms with Gasteiger partial charge < -0.3 is 5.11 Å². The van der Waals surface area contributed by atoms with Crippen molar-refractivity contribution in [2.75, 3.05) is 0 Å². The van der Waals surface area contributed by atoms with Crippen molar-refractivity contribution in [3.8, 4) is 0 Å². The van der Waals surface area contributed by atoms with E-state index in [0.717, 1.165) is 11.5 Å². The Labute approximate surface area is 106 Å². The molecule has 0 heterocycles. The summed E-state index contributed by atoms with van der Waals surface area (Å²) < 4.78 is 0. The number of rotatable bonds is 3. The summed E-state index contributed by atoms with van der Waals surface area (Å²) in [5.41, 5.74) is 2.33. The zero-order valence-electron chi connectivity index (χ0n) is 10.6. The first-order valence-corrected chi connectivity index (χ1v) is 9.49. The van der Waals surface area contributed by atoms with Crippen LogP contribution in [0.15, 0.2) is 30.3 Å². The molecule has 0 bridgehead atoms. The molecular weight excluding hydrogens is 224 g/mol. The van der Waals surface area contributed by atoms with E-state index in [9.17, 15) is 5.11 Å². The van der Waals surface area contributed by atoms with Gasteiger partial charge in [-0.05, 0) is 30.4 Å². The van der Waals surface area contributed by atoms with Gasteiger partial charge in [0.05, 0.1) is 14.2 Å². The summed E-state index contributed by atoms with van der Waals surface area (Å²) in [6, 6.07) is 9.86. The van der Waals surface area contributed by atoms with E-state index in [1.165, 1.54) is 5.54 Å². The summed E-state index contributed by atoms with van der Waals surface area (Å²) in [6.07, 6.45) is 5.77. The fourth-order valence-electron chi connectivity index (χ4n) is 2.17. The van der Waals surface area contributed by atoms with Crippen LogP contribution in [-0.2, 0) is 0 Å². The van der Waals surface area contributed by atoms with Crippen molar-refractivity contribution in [1.82, 2.24) is 0 Å². The van der Waals surface area contributed by atoms with Gasteiger partial charge in [0.1, 0.15) is 0 Å². The van der Waals surface area contributed by atoms with Gasteiger partial charge in [0, 0.05) is 5.92 Å². The van der Waals surface area contributed by atoms with Gasteiger partial charge in [-0.2, -0.15) is 0 Å². The van der Waals surface area contributed by atoms with Crippen molar-refractivity contribution in [2.45, 2.75) is 25.7 Å². The van der Waals surface area contributed by atoms with Crippen molar-refractivity contribution < 1.29 is 5.11 Å². The van der Waals surface area contributed by atoms with Crippen LogP contribution in [0.1, 0.15) is 11.7 Å². The molecule has 1 nitrogen and oxygen atoms in total. The number of hydrogen-bond acceptors (Lipinski definition) is 1. The summed E-state index contributed by atoms with van der Waals surface area (Å²) in [4.78, 5) is 0. The standard InChI is InChI=1S/C15H19OSi/c1-17(2,3)14-11-7-10-13(14)15(16)12-8-5-4-6-9-12/h4-11,15-16H,1-3H3/t15-/m0/s1. The average Bonchev–Trinajstić information content (AvgIpc) is 2.78. The Morgan fingerprint density at radius 3 is 2.24 bits per heavy atom. The van der Waals surface area contributed by atoms with Crippen molar-refractivity contribution in [3.63, 3.8) is 0 Å². The predicted octanol–water partition coefficient (Wildman–Crippen LogP) is 3.37. The fourth-order valence-corrected chi connectivity index (χ4v) is 3.85. The third kappa shape index (κ3) is 2.80. The maximum absolute atomic E-state index is 10.4. The molecule has 0 amide bonds. The number of aliphatic hydroxyl groups is 1. The molecular formula is C15H19OSi. The number of benzene rings is 1. The lowest BCUT2D eigenvalue weighted by Gasteiger charge is -2.32. The van der Waals surface area contributed by atoms with Crippen LogP contribution in [-0.4, -0.2) is 13.2 Å². The van der Waals surface area contributed by atoms with Crippen LogP contribution in [0.2, 0.25) is 19.6 Å². The monoisotopic (exact) mass is 243 g/mol. The molecule has 0 aromatic heterocycles. The molecule has 0 aliphatic heterocycles. The van der Waals surface area contributed by atoms with Crippen LogP contribution in [0.5, 0.6) is 0 Å². The molecule has 5 radical (unpaired) electrons. The summed E-state index contributed by atoms with van der Waals surface area (Å²) in [5, 5.41) is 10.4. The Morgan fingerprint density at radius 2 is 1.65 bits per heavy atom. The van der Waals surface area contributed by atoms with Gasteiger partial charge in [-0.25, -0.2) is 0 Å². The van der Waals surface area contributed by atoms with E-state index in [2.05, 4.69) is 32.5 Å². The Kier molecular flexibility index (Phi) is 3.74. The lowest BCUT2D eigenvalue weighted by atomic mass is 9.94. The predicted molar refractivity (Wildman–Crippen MR) is 74.1 cm³/mol. The highest BCUT2D eigenvalue weighted by molar-refractivity contribution is 6.82. The van der Waals surface area contributed by atoms with Gasteiger partial charge in [-0.15, -0.1) is 0 Å². The normalized spacial score (nSPS) is 20.7. The van der Waals surface area contributed by atoms with Gasteiger partial charge in [0.25, 0.3) is 0 Å². The van der Waals surface area contributed by atoms with E-state index in [1.807, 2.05) is 36.8 Å². The lowest BCUT2D eigenvalue weighted by Crippen LogP contribution is -2.35. The van der Waals surface area contributed by atoms with Gasteiger partial charge in [0.2, 0.25) is 0 Å². The third-order valence-corrected chi connectivity index (χ3v) is 5.14. The van der Waals surface area contributed by atoms with E-state index >= 15 is 0 Å². The largest absolute Gasteiger partial charge is 0.388 e. The minimum atomic E-state index is -1.38. The van der Waals surface area contributed by atoms with E-state index in [-0.39, 0.29) is 0 Å². The molecule has 1 aliphatic carbocycles. The first-order chi connectivity index (χ1) is 8.00. The molecule has 89 valence electrons. The molecule has 2 heteroatoms. The molecule has 1 aromatic carbocycles. The summed E-state index contributed by atoms with van der Waals surface area (Å²) >= 11 is 0. The fraction of sp³-hybridized carbons (Fsp3) is 0.267. The van der Waals surface area contributed by atoms with Crippen molar-refractivity contribution >= 4 is 8.07 Å². The van der Waals surface area contributed by atoms with Gasteiger partial charge in [-0.3, -0.25) is 0 Å². The van der Waals surface area contributed by atoms with Crippen molar-refractivity contribution in [2.24, 2.45) is 0 Å². The molecule has 0 spiro atoms. The van der Waals surface area contributed by atoms with Gasteiger partial charge in [-0.1, -0.05) is 50.0 Å². The molecule has 17 heavy (non-hydrogen) atoms. The molecule has 0 saturated heterocycles. The van der Waals surface area contributed by atoms with Crippen LogP contribution in [0.3, 0.4) is 0 Å². The Hall–Kier alpha value is -0.603. The second-order valence-electron chi connectivity index (χ2n) is 5.46. The Balaban J connectivity index is 2.17. The second-order valence-corrected chi connectivity index (χ2v) is 10.5. The van der Waals surface area contributed by atoms with Crippen LogP contribution >= 0.6 is 0 Å². The molecule has 2 rings (SSSR count). The molecule has 1 aliphatic rings. The summed E-state index contributed by atoms with van der Waals surface area (Å²) in [6.45, 7) is 6.93. The smallest absolute Gasteiger partial charge is 0.0858 e. The second kappa shape index (κ2) is 4.95. The molecule has 1 aromatic rings. The average molecular weight is 243 g/mol. The zero-order chi connectivity index (χ0) is 12.5. The van der Waals surface area contributed by atoms with E-state index < -0.39 is 14.2 Å². The van der Waals surface area contributed by atoms with E-state index in [0.29, 0.717) is 0 Å². The topological polar surface area (TPSA) is 20.2 Å². The van der Waals surface area contributed by atoms with Crippen molar-refractivity contribution in [3.05, 3.63) is 66.6 Å². The molecule has 0 unspecified atom stereocenters. The first-order valence-electron chi connectivity index (χ1n) is 5.99. The van der Waals surface area contributed by atoms with E-state index in [1.54, 1.807) is 0 Å². The van der Waals surface area contributed by atoms with Crippen molar-refractivity contribution in [1.29, 1.82) is 0 Å². The SMILES string of the molecule is C[Si](C)(C)[C]1[CH][CH][CH][C]1[C@@H](O)c1ccccc1. The van der Waals surface area contributed by atoms with Crippen LogP contribution in [0, 0.1) is 30.7 Å². The van der Waals surface area contributed by atoms with Crippen LogP contribution in [0.4, 0.5) is 0 Å². The van der Waals surface area contributed by atoms with Crippen LogP contribution < -0.4 is 0 Å². The third-order valence-electron chi connectivity index (χ3n) is 3.07. The number of aliphatic hydroxyl groups excluding tert-OH is 1. The molecule has 1 atom stereocenters. The Morgan fingerprint density at radius 1 is 1.00 bits per heavy atom. The van der Waals surface area contributed by atoms with Gasteiger partial charge in [0.15, 0.2) is 0 Å². The highest BCUT2D eigenvalue weighted by atomic mass is 28.3. The highest BCUT2D eigenvalue weighted by Gasteiger charge is 2.42. The van der Waals surface area contributed by atoms with E-state index in [4.69, 9.17) is 0 Å². The van der Waals surface area contributed by atoms with Gasteiger partial charge >= 0.3 is 0 Å². The molecule has 1 N–H and O–H groups in total. The number of hydrogen-bond donors (Lipinski definition) is 1. The maximum atomic E-state index is 10.4. The minimum absolute atomic E-state index is 0.493. The quantitative estimate of drug-likeness (QED) is 0.807. The summed E-state index contributed by atoms with van der Waals surface area (Å²) in [7, 11) is -1.38. The zero-order valence-corrected chi connectivity index (χ0v) is 11.6.